The normalized spacial score (nSPS) is 14.5. The molecular formula is C18H17F3N4O3. The van der Waals surface area contributed by atoms with Crippen LogP contribution in [0.1, 0.15) is 11.3 Å². The van der Waals surface area contributed by atoms with E-state index in [1.807, 2.05) is 0 Å². The van der Waals surface area contributed by atoms with Crippen LogP contribution in [0.25, 0.3) is 11.4 Å². The van der Waals surface area contributed by atoms with Gasteiger partial charge >= 0.3 is 6.18 Å². The SMILES string of the molecule is Cc1onc(-c2ccccn2)c1COC1=CC=C(C(N)=O)CN1CC(F)(F)F. The molecule has 0 saturated carbocycles. The number of hydrogen-bond donors (Lipinski definition) is 1. The quantitative estimate of drug-likeness (QED) is 0.810. The van der Waals surface area contributed by atoms with Crippen LogP contribution >= 0.6 is 0 Å². The third-order valence-electron chi connectivity index (χ3n) is 4.04. The second-order valence-electron chi connectivity index (χ2n) is 6.10. The largest absolute Gasteiger partial charge is 0.474 e. The van der Waals surface area contributed by atoms with Crippen molar-refractivity contribution in [1.82, 2.24) is 15.0 Å². The fraction of sp³-hybridized carbons (Fsp3) is 0.278. The maximum absolute atomic E-state index is 12.9. The molecule has 0 saturated heterocycles. The van der Waals surface area contributed by atoms with E-state index in [4.69, 9.17) is 15.0 Å². The van der Waals surface area contributed by atoms with Crippen molar-refractivity contribution in [3.63, 3.8) is 0 Å². The highest BCUT2D eigenvalue weighted by Crippen LogP contribution is 2.28. The van der Waals surface area contributed by atoms with Crippen LogP contribution in [0.4, 0.5) is 13.2 Å². The molecule has 0 aliphatic carbocycles. The number of aryl methyl sites for hydroxylation is 1. The fourth-order valence-corrected chi connectivity index (χ4v) is 2.67. The number of nitrogens with zero attached hydrogens (tertiary/aromatic N) is 3. The summed E-state index contributed by atoms with van der Waals surface area (Å²) in [4.78, 5) is 16.4. The number of primary amides is 1. The van der Waals surface area contributed by atoms with Crippen LogP contribution in [0.5, 0.6) is 0 Å². The van der Waals surface area contributed by atoms with E-state index in [2.05, 4.69) is 10.1 Å². The number of aromatic nitrogens is 2. The molecule has 3 rings (SSSR count). The Morgan fingerprint density at radius 2 is 2.14 bits per heavy atom. The number of hydrogen-bond acceptors (Lipinski definition) is 6. The molecule has 0 unspecified atom stereocenters. The number of ether oxygens (including phenoxy) is 1. The molecule has 2 aromatic rings. The van der Waals surface area contributed by atoms with E-state index in [1.165, 1.54) is 12.2 Å². The van der Waals surface area contributed by atoms with Crippen molar-refractivity contribution in [2.24, 2.45) is 5.73 Å². The van der Waals surface area contributed by atoms with Crippen molar-refractivity contribution in [2.45, 2.75) is 19.7 Å². The molecule has 2 N–H and O–H groups in total. The molecule has 3 heterocycles. The number of carbonyl (C=O) groups excluding carboxylic acids is 1. The average molecular weight is 394 g/mol. The first-order valence-electron chi connectivity index (χ1n) is 8.26. The Morgan fingerprint density at radius 1 is 1.36 bits per heavy atom. The highest BCUT2D eigenvalue weighted by Gasteiger charge is 2.34. The van der Waals surface area contributed by atoms with Gasteiger partial charge in [-0.05, 0) is 31.2 Å². The number of rotatable bonds is 6. The van der Waals surface area contributed by atoms with Gasteiger partial charge in [0.1, 0.15) is 24.6 Å². The summed E-state index contributed by atoms with van der Waals surface area (Å²) in [6, 6.07) is 5.26. The predicted octanol–water partition coefficient (Wildman–Crippen LogP) is 2.69. The average Bonchev–Trinajstić information content (AvgIpc) is 3.00. The third-order valence-corrected chi connectivity index (χ3v) is 4.04. The van der Waals surface area contributed by atoms with Gasteiger partial charge in [-0.1, -0.05) is 11.2 Å². The molecule has 1 amide bonds. The number of alkyl halides is 3. The number of halogens is 3. The molecule has 10 heteroatoms. The summed E-state index contributed by atoms with van der Waals surface area (Å²) in [6.07, 6.45) is -0.243. The maximum Gasteiger partial charge on any atom is 0.406 e. The van der Waals surface area contributed by atoms with Crippen LogP contribution in [0.3, 0.4) is 0 Å². The molecule has 0 aromatic carbocycles. The van der Waals surface area contributed by atoms with Crippen molar-refractivity contribution < 1.29 is 27.2 Å². The fourth-order valence-electron chi connectivity index (χ4n) is 2.67. The highest BCUT2D eigenvalue weighted by atomic mass is 19.4. The smallest absolute Gasteiger partial charge is 0.406 e. The van der Waals surface area contributed by atoms with E-state index >= 15 is 0 Å². The van der Waals surface area contributed by atoms with E-state index in [1.54, 1.807) is 31.3 Å². The predicted molar refractivity (Wildman–Crippen MR) is 92.2 cm³/mol. The van der Waals surface area contributed by atoms with Crippen LogP contribution in [-0.4, -0.2) is 40.2 Å². The van der Waals surface area contributed by atoms with Crippen molar-refractivity contribution >= 4 is 5.91 Å². The van der Waals surface area contributed by atoms with Crippen LogP contribution in [0.15, 0.2) is 52.5 Å². The molecule has 148 valence electrons. The van der Waals surface area contributed by atoms with Gasteiger partial charge in [-0.2, -0.15) is 13.2 Å². The van der Waals surface area contributed by atoms with Crippen molar-refractivity contribution in [3.05, 3.63) is 59.3 Å². The van der Waals surface area contributed by atoms with Gasteiger partial charge in [0.25, 0.3) is 0 Å². The van der Waals surface area contributed by atoms with Gasteiger partial charge in [-0.3, -0.25) is 9.78 Å². The lowest BCUT2D eigenvalue weighted by atomic mass is 10.1. The summed E-state index contributed by atoms with van der Waals surface area (Å²) in [6.45, 7) is 0.0166. The monoisotopic (exact) mass is 394 g/mol. The molecule has 7 nitrogen and oxygen atoms in total. The van der Waals surface area contributed by atoms with Crippen molar-refractivity contribution in [3.8, 4) is 11.4 Å². The van der Waals surface area contributed by atoms with Gasteiger partial charge in [0.15, 0.2) is 5.88 Å². The zero-order chi connectivity index (χ0) is 20.3. The molecule has 1 aliphatic heterocycles. The maximum atomic E-state index is 12.9. The van der Waals surface area contributed by atoms with Gasteiger partial charge in [0.05, 0.1) is 17.8 Å². The minimum absolute atomic E-state index is 0.0325. The van der Waals surface area contributed by atoms with Gasteiger partial charge in [-0.25, -0.2) is 0 Å². The zero-order valence-electron chi connectivity index (χ0n) is 14.9. The lowest BCUT2D eigenvalue weighted by Crippen LogP contribution is -2.39. The molecule has 0 fully saturated rings. The first kappa shape index (κ1) is 19.5. The van der Waals surface area contributed by atoms with Gasteiger partial charge in [0, 0.05) is 11.8 Å². The Balaban J connectivity index is 1.82. The lowest BCUT2D eigenvalue weighted by molar-refractivity contribution is -0.147. The Morgan fingerprint density at radius 3 is 2.79 bits per heavy atom. The molecule has 1 aliphatic rings. The van der Waals surface area contributed by atoms with Crippen LogP contribution in [0.2, 0.25) is 0 Å². The van der Waals surface area contributed by atoms with Crippen LogP contribution < -0.4 is 5.73 Å². The molecule has 0 atom stereocenters. The highest BCUT2D eigenvalue weighted by molar-refractivity contribution is 5.93. The Kier molecular flexibility index (Phi) is 5.39. The summed E-state index contributed by atoms with van der Waals surface area (Å²) in [5.74, 6) is -0.350. The van der Waals surface area contributed by atoms with Crippen LogP contribution in [-0.2, 0) is 16.1 Å². The Hall–Kier alpha value is -3.30. The van der Waals surface area contributed by atoms with E-state index in [-0.39, 0.29) is 24.6 Å². The second kappa shape index (κ2) is 7.75. The summed E-state index contributed by atoms with van der Waals surface area (Å²) in [5.41, 5.74) is 6.81. The minimum atomic E-state index is -4.48. The first-order valence-corrected chi connectivity index (χ1v) is 8.26. The standard InChI is InChI=1S/C18H17F3N4O3/c1-11-13(16(24-28-11)14-4-2-3-7-23-14)9-27-15-6-5-12(17(22)26)8-25(15)10-18(19,20)21/h2-7H,8-10H2,1H3,(H2,22,26). The van der Waals surface area contributed by atoms with E-state index in [0.717, 1.165) is 4.90 Å². The number of allylic oxidation sites excluding steroid dienone is 2. The molecule has 0 spiro atoms. The number of nitrogens with two attached hydrogens (primary N) is 1. The molecule has 0 radical (unpaired) electrons. The minimum Gasteiger partial charge on any atom is -0.474 e. The van der Waals surface area contributed by atoms with Crippen LogP contribution in [0, 0.1) is 6.92 Å². The summed E-state index contributed by atoms with van der Waals surface area (Å²) < 4.78 is 49.5. The van der Waals surface area contributed by atoms with Gasteiger partial charge < -0.3 is 19.9 Å². The molecule has 0 bridgehead atoms. The lowest BCUT2D eigenvalue weighted by Gasteiger charge is -2.30. The topological polar surface area (TPSA) is 94.5 Å². The van der Waals surface area contributed by atoms with Gasteiger partial charge in [0.2, 0.25) is 5.91 Å². The number of amides is 1. The van der Waals surface area contributed by atoms with E-state index in [9.17, 15) is 18.0 Å². The first-order chi connectivity index (χ1) is 13.2. The summed E-state index contributed by atoms with van der Waals surface area (Å²) in [7, 11) is 0. The zero-order valence-corrected chi connectivity index (χ0v) is 14.9. The summed E-state index contributed by atoms with van der Waals surface area (Å²) >= 11 is 0. The number of pyridine rings is 1. The van der Waals surface area contributed by atoms with E-state index < -0.39 is 18.6 Å². The molecule has 28 heavy (non-hydrogen) atoms. The second-order valence-corrected chi connectivity index (χ2v) is 6.10. The number of carbonyl (C=O) groups is 1. The van der Waals surface area contributed by atoms with Gasteiger partial charge in [-0.15, -0.1) is 0 Å². The Labute approximate surface area is 158 Å². The molecular weight excluding hydrogens is 377 g/mol. The van der Waals surface area contributed by atoms with E-state index in [0.29, 0.717) is 22.7 Å². The van der Waals surface area contributed by atoms with Crippen molar-refractivity contribution in [1.29, 1.82) is 0 Å². The molecule has 2 aromatic heterocycles. The summed E-state index contributed by atoms with van der Waals surface area (Å²) in [5, 5.41) is 3.96. The Bertz CT molecular complexity index is 920. The third kappa shape index (κ3) is 4.51. The van der Waals surface area contributed by atoms with Crippen molar-refractivity contribution in [2.75, 3.05) is 13.1 Å².